The van der Waals surface area contributed by atoms with Gasteiger partial charge in [-0.1, -0.05) is 12.8 Å². The second kappa shape index (κ2) is 4.61. The molecule has 0 aromatic rings. The summed E-state index contributed by atoms with van der Waals surface area (Å²) in [6, 6.07) is -0.0927. The number of amides is 1. The molecule has 0 aromatic heterocycles. The third-order valence-electron chi connectivity index (χ3n) is 2.89. The third kappa shape index (κ3) is 2.99. The number of nitrogens with two attached hydrogens (primary N) is 1. The summed E-state index contributed by atoms with van der Waals surface area (Å²) in [6.07, 6.45) is 5.12. The van der Waals surface area contributed by atoms with Gasteiger partial charge >= 0.3 is 0 Å². The quantitative estimate of drug-likeness (QED) is 0.688. The van der Waals surface area contributed by atoms with Crippen molar-refractivity contribution in [2.24, 2.45) is 11.7 Å². The molecule has 3 N–H and O–H groups in total. The molecule has 2 atom stereocenters. The Morgan fingerprint density at radius 1 is 1.38 bits per heavy atom. The first kappa shape index (κ1) is 10.5. The van der Waals surface area contributed by atoms with Crippen molar-refractivity contribution in [2.75, 3.05) is 0 Å². The molecule has 0 aromatic carbocycles. The van der Waals surface area contributed by atoms with Gasteiger partial charge in [-0.3, -0.25) is 4.79 Å². The molecule has 0 spiro atoms. The predicted octanol–water partition coefficient (Wildman–Crippen LogP) is 1.03. The molecule has 1 saturated carbocycles. The lowest BCUT2D eigenvalue weighted by Crippen LogP contribution is -2.45. The molecule has 13 heavy (non-hydrogen) atoms. The minimum absolute atomic E-state index is 0.0283. The third-order valence-corrected chi connectivity index (χ3v) is 2.89. The van der Waals surface area contributed by atoms with Gasteiger partial charge in [0.05, 0.1) is 6.04 Å². The van der Waals surface area contributed by atoms with Crippen molar-refractivity contribution in [3.63, 3.8) is 0 Å². The molecule has 1 aliphatic carbocycles. The summed E-state index contributed by atoms with van der Waals surface area (Å²) in [6.45, 7) is 3.80. The molecule has 0 aliphatic heterocycles. The Bertz CT molecular complexity index is 174. The summed E-state index contributed by atoms with van der Waals surface area (Å²) < 4.78 is 0. The van der Waals surface area contributed by atoms with E-state index in [9.17, 15) is 4.79 Å². The maximum absolute atomic E-state index is 11.3. The molecule has 1 amide bonds. The molecule has 76 valence electrons. The highest BCUT2D eigenvalue weighted by molar-refractivity contribution is 5.81. The molecule has 1 aliphatic rings. The molecule has 1 rings (SSSR count). The fraction of sp³-hybridized carbons (Fsp3) is 0.900. The van der Waals surface area contributed by atoms with Crippen molar-refractivity contribution in [3.8, 4) is 0 Å². The largest absolute Gasteiger partial charge is 0.352 e. The lowest BCUT2D eigenvalue weighted by atomic mass is 9.99. The second-order valence-corrected chi connectivity index (χ2v) is 4.13. The van der Waals surface area contributed by atoms with Crippen LogP contribution in [0.15, 0.2) is 0 Å². The van der Waals surface area contributed by atoms with Crippen LogP contribution in [0.2, 0.25) is 0 Å². The summed E-state index contributed by atoms with van der Waals surface area (Å²) in [5.41, 5.74) is 5.47. The van der Waals surface area contributed by atoms with Crippen LogP contribution in [0.25, 0.3) is 0 Å². The van der Waals surface area contributed by atoms with Gasteiger partial charge in [-0.15, -0.1) is 0 Å². The molecular weight excluding hydrogens is 164 g/mol. The maximum Gasteiger partial charge on any atom is 0.236 e. The van der Waals surface area contributed by atoms with Gasteiger partial charge in [0.2, 0.25) is 5.91 Å². The van der Waals surface area contributed by atoms with Gasteiger partial charge in [-0.25, -0.2) is 0 Å². The number of carbonyl (C=O) groups excluding carboxylic acids is 1. The van der Waals surface area contributed by atoms with Gasteiger partial charge in [0, 0.05) is 6.04 Å². The van der Waals surface area contributed by atoms with E-state index < -0.39 is 0 Å². The Balaban J connectivity index is 2.31. The van der Waals surface area contributed by atoms with Crippen LogP contribution in [0.5, 0.6) is 0 Å². The van der Waals surface area contributed by atoms with Gasteiger partial charge in [0.25, 0.3) is 0 Å². The highest BCUT2D eigenvalue weighted by Crippen LogP contribution is 2.27. The minimum atomic E-state index is -0.385. The van der Waals surface area contributed by atoms with Gasteiger partial charge < -0.3 is 11.1 Å². The average molecular weight is 184 g/mol. The lowest BCUT2D eigenvalue weighted by Gasteiger charge is -2.21. The van der Waals surface area contributed by atoms with Crippen molar-refractivity contribution < 1.29 is 4.79 Å². The number of rotatable bonds is 3. The second-order valence-electron chi connectivity index (χ2n) is 4.13. The summed E-state index contributed by atoms with van der Waals surface area (Å²) in [5, 5.41) is 2.96. The van der Waals surface area contributed by atoms with Crippen LogP contribution < -0.4 is 11.1 Å². The molecule has 0 radical (unpaired) electrons. The molecule has 0 heterocycles. The summed E-state index contributed by atoms with van der Waals surface area (Å²) in [7, 11) is 0. The van der Waals surface area contributed by atoms with E-state index in [1.807, 2.05) is 0 Å². The van der Waals surface area contributed by atoms with E-state index in [1.165, 1.54) is 25.7 Å². The highest BCUT2D eigenvalue weighted by atomic mass is 16.2. The van der Waals surface area contributed by atoms with E-state index >= 15 is 0 Å². The fourth-order valence-electron chi connectivity index (χ4n) is 1.93. The molecule has 0 saturated heterocycles. The molecule has 3 nitrogen and oxygen atoms in total. The molecule has 1 unspecified atom stereocenters. The number of hydrogen-bond donors (Lipinski definition) is 2. The van der Waals surface area contributed by atoms with E-state index in [-0.39, 0.29) is 11.9 Å². The zero-order valence-electron chi connectivity index (χ0n) is 8.55. The first-order chi connectivity index (χ1) is 6.11. The van der Waals surface area contributed by atoms with Crippen molar-refractivity contribution >= 4 is 5.91 Å². The van der Waals surface area contributed by atoms with Crippen LogP contribution in [-0.4, -0.2) is 18.0 Å². The van der Waals surface area contributed by atoms with Crippen LogP contribution in [0.4, 0.5) is 0 Å². The molecule has 0 bridgehead atoms. The highest BCUT2D eigenvalue weighted by Gasteiger charge is 2.23. The predicted molar refractivity (Wildman–Crippen MR) is 53.2 cm³/mol. The standard InChI is InChI=1S/C10H20N2O/c1-7(11)10(13)12-8(2)9-5-3-4-6-9/h7-9H,3-6,11H2,1-2H3,(H,12,13)/t7-,8?/m0/s1. The Morgan fingerprint density at radius 3 is 2.38 bits per heavy atom. The zero-order valence-corrected chi connectivity index (χ0v) is 8.55. The summed E-state index contributed by atoms with van der Waals surface area (Å²) in [4.78, 5) is 11.3. The lowest BCUT2D eigenvalue weighted by molar-refractivity contribution is -0.122. The summed E-state index contributed by atoms with van der Waals surface area (Å²) >= 11 is 0. The van der Waals surface area contributed by atoms with E-state index in [2.05, 4.69) is 12.2 Å². The van der Waals surface area contributed by atoms with E-state index in [0.717, 1.165) is 0 Å². The minimum Gasteiger partial charge on any atom is -0.352 e. The van der Waals surface area contributed by atoms with Crippen LogP contribution in [-0.2, 0) is 4.79 Å². The Labute approximate surface area is 80.1 Å². The van der Waals surface area contributed by atoms with Gasteiger partial charge in [-0.05, 0) is 32.6 Å². The van der Waals surface area contributed by atoms with Gasteiger partial charge in [0.1, 0.15) is 0 Å². The van der Waals surface area contributed by atoms with Crippen molar-refractivity contribution in [1.82, 2.24) is 5.32 Å². The van der Waals surface area contributed by atoms with E-state index in [1.54, 1.807) is 6.92 Å². The van der Waals surface area contributed by atoms with Crippen LogP contribution >= 0.6 is 0 Å². The van der Waals surface area contributed by atoms with Crippen molar-refractivity contribution in [3.05, 3.63) is 0 Å². The zero-order chi connectivity index (χ0) is 9.84. The van der Waals surface area contributed by atoms with Crippen LogP contribution in [0, 0.1) is 5.92 Å². The maximum atomic E-state index is 11.3. The number of hydrogen-bond acceptors (Lipinski definition) is 2. The Morgan fingerprint density at radius 2 is 1.92 bits per heavy atom. The summed E-state index contributed by atoms with van der Waals surface area (Å²) in [5.74, 6) is 0.641. The molecule has 3 heteroatoms. The molecular formula is C10H20N2O. The fourth-order valence-corrected chi connectivity index (χ4v) is 1.93. The number of nitrogens with one attached hydrogen (secondary N) is 1. The Hall–Kier alpha value is -0.570. The Kier molecular flexibility index (Phi) is 3.72. The SMILES string of the molecule is CC(NC(=O)[C@H](C)N)C1CCCC1. The van der Waals surface area contributed by atoms with Crippen molar-refractivity contribution in [2.45, 2.75) is 51.6 Å². The first-order valence-corrected chi connectivity index (χ1v) is 5.17. The first-order valence-electron chi connectivity index (χ1n) is 5.17. The number of carbonyl (C=O) groups is 1. The molecule has 1 fully saturated rings. The van der Waals surface area contributed by atoms with Crippen LogP contribution in [0.1, 0.15) is 39.5 Å². The van der Waals surface area contributed by atoms with Gasteiger partial charge in [0.15, 0.2) is 0 Å². The smallest absolute Gasteiger partial charge is 0.236 e. The van der Waals surface area contributed by atoms with Gasteiger partial charge in [-0.2, -0.15) is 0 Å². The topological polar surface area (TPSA) is 55.1 Å². The van der Waals surface area contributed by atoms with E-state index in [0.29, 0.717) is 12.0 Å². The van der Waals surface area contributed by atoms with E-state index in [4.69, 9.17) is 5.73 Å². The normalized spacial score (nSPS) is 22.7. The van der Waals surface area contributed by atoms with Crippen LogP contribution in [0.3, 0.4) is 0 Å². The average Bonchev–Trinajstić information content (AvgIpc) is 2.55. The monoisotopic (exact) mass is 184 g/mol. The van der Waals surface area contributed by atoms with Crippen molar-refractivity contribution in [1.29, 1.82) is 0 Å².